The Kier molecular flexibility index (Phi) is 19.1. The van der Waals surface area contributed by atoms with Crippen molar-refractivity contribution in [2.45, 2.75) is 115 Å². The first-order valence-electron chi connectivity index (χ1n) is 14.5. The van der Waals surface area contributed by atoms with E-state index in [4.69, 9.17) is 18.5 Å². The maximum absolute atomic E-state index is 13.0. The Labute approximate surface area is 270 Å². The Morgan fingerprint density at radius 2 is 1.04 bits per heavy atom. The van der Waals surface area contributed by atoms with Crippen molar-refractivity contribution in [2.75, 3.05) is 13.4 Å². The van der Waals surface area contributed by atoms with Crippen molar-refractivity contribution < 1.29 is 98.9 Å². The fourth-order valence-electron chi connectivity index (χ4n) is 4.36. The Bertz CT molecular complexity index is 1170. The van der Waals surface area contributed by atoms with Gasteiger partial charge in [-0.2, -0.15) is 0 Å². The van der Waals surface area contributed by atoms with Crippen LogP contribution in [0, 0.1) is 0 Å². The lowest BCUT2D eigenvalue weighted by Crippen LogP contribution is -2.67. The third-order valence-corrected chi connectivity index (χ3v) is 8.72. The molecular weight excluding hydrogens is 724 g/mol. The Balaban J connectivity index is 3.80. The number of phosphoric acid groups is 4. The van der Waals surface area contributed by atoms with Crippen molar-refractivity contribution in [3.05, 3.63) is 0 Å². The second-order valence-electron chi connectivity index (χ2n) is 10.1. The molecule has 47 heavy (non-hydrogen) atoms. The van der Waals surface area contributed by atoms with E-state index in [1.54, 1.807) is 6.92 Å². The fraction of sp³-hybridized carbons (Fsp3) is 0.909. The van der Waals surface area contributed by atoms with Crippen molar-refractivity contribution in [1.82, 2.24) is 0 Å². The molecule has 0 radical (unpaired) electrons. The second-order valence-corrected chi connectivity index (χ2v) is 15.1. The van der Waals surface area contributed by atoms with Crippen molar-refractivity contribution >= 4 is 43.2 Å². The van der Waals surface area contributed by atoms with E-state index in [1.807, 2.05) is 6.92 Å². The van der Waals surface area contributed by atoms with E-state index >= 15 is 0 Å². The molecule has 25 heteroatoms. The summed E-state index contributed by atoms with van der Waals surface area (Å²) < 4.78 is 88.3. The number of ether oxygens (including phenoxy) is 3. The molecule has 7 N–H and O–H groups in total. The second kappa shape index (κ2) is 20.3. The van der Waals surface area contributed by atoms with Crippen molar-refractivity contribution in [3.63, 3.8) is 0 Å². The summed E-state index contributed by atoms with van der Waals surface area (Å²) in [4.78, 5) is 92.6. The van der Waals surface area contributed by atoms with Crippen LogP contribution in [0.1, 0.15) is 78.6 Å². The molecule has 278 valence electrons. The molecule has 7 unspecified atom stereocenters. The van der Waals surface area contributed by atoms with Crippen LogP contribution in [0.3, 0.4) is 0 Å². The summed E-state index contributed by atoms with van der Waals surface area (Å²) in [6.07, 6.45) is -10.5. The van der Waals surface area contributed by atoms with Gasteiger partial charge in [-0.25, -0.2) is 22.8 Å². The Morgan fingerprint density at radius 1 is 0.574 bits per heavy atom. The average Bonchev–Trinajstić information content (AvgIpc) is 2.91. The SMILES string of the molecule is CCCCCCCCOC1C(OC(=O)CCC)C(OP(=O)(O)OCOC(=O)CC)C(OP(=O)(O)O)C(OP(=O)(O)O)C1OP(=O)(O)O. The van der Waals surface area contributed by atoms with Crippen molar-refractivity contribution in [3.8, 4) is 0 Å². The van der Waals surface area contributed by atoms with Gasteiger partial charge >= 0.3 is 43.2 Å². The summed E-state index contributed by atoms with van der Waals surface area (Å²) in [5.74, 6) is -1.96. The molecule has 0 aliphatic heterocycles. The zero-order chi connectivity index (χ0) is 36.1. The quantitative estimate of drug-likeness (QED) is 0.0339. The highest BCUT2D eigenvalue weighted by atomic mass is 31.2. The first-order valence-corrected chi connectivity index (χ1v) is 20.6. The van der Waals surface area contributed by atoms with Gasteiger partial charge in [0.05, 0.1) is 0 Å². The number of carbonyl (C=O) groups is 2. The number of esters is 2. The minimum Gasteiger partial charge on any atom is -0.457 e. The van der Waals surface area contributed by atoms with E-state index in [9.17, 15) is 62.1 Å². The molecule has 0 aromatic carbocycles. The number of hydrogen-bond acceptors (Lipinski definition) is 14. The standard InChI is InChI=1S/C22H44O21P4/c1-4-7-8-9-10-11-13-36-17-18(39-16(24)12-5-2)20(43-47(34,35)38-14-37-15(23)6-3)22(42-46(31,32)33)21(41-45(28,29)30)19(17)40-44(25,26)27/h17-22H,4-14H2,1-3H3,(H,34,35)(H2,25,26,27)(H2,28,29,30)(H2,31,32,33). The van der Waals surface area contributed by atoms with Crippen LogP contribution < -0.4 is 0 Å². The van der Waals surface area contributed by atoms with Crippen molar-refractivity contribution in [1.29, 1.82) is 0 Å². The van der Waals surface area contributed by atoms with Crippen molar-refractivity contribution in [2.24, 2.45) is 0 Å². The topological polar surface area (TPSA) is 318 Å². The highest BCUT2D eigenvalue weighted by Gasteiger charge is 2.61. The number of unbranched alkanes of at least 4 members (excludes halogenated alkanes) is 5. The van der Waals surface area contributed by atoms with Gasteiger partial charge in [-0.1, -0.05) is 52.9 Å². The monoisotopic (exact) mass is 768 g/mol. The molecule has 0 bridgehead atoms. The van der Waals surface area contributed by atoms with E-state index in [2.05, 4.69) is 18.3 Å². The van der Waals surface area contributed by atoms with Gasteiger partial charge in [0.2, 0.25) is 6.79 Å². The summed E-state index contributed by atoms with van der Waals surface area (Å²) in [6.45, 7) is 3.47. The van der Waals surface area contributed by atoms with Crippen LogP contribution in [0.2, 0.25) is 0 Å². The molecule has 21 nitrogen and oxygen atoms in total. The van der Waals surface area contributed by atoms with Crippen LogP contribution in [0.25, 0.3) is 0 Å². The van der Waals surface area contributed by atoms with E-state index in [0.717, 1.165) is 25.7 Å². The Hall–Kier alpha value is -0.660. The molecule has 0 aromatic rings. The van der Waals surface area contributed by atoms with Gasteiger partial charge in [-0.15, -0.1) is 0 Å². The molecule has 0 aromatic heterocycles. The smallest absolute Gasteiger partial charge is 0.457 e. The molecule has 7 atom stereocenters. The molecule has 0 saturated heterocycles. The molecule has 0 heterocycles. The summed E-state index contributed by atoms with van der Waals surface area (Å²) in [5.41, 5.74) is 0. The molecule has 1 rings (SSSR count). The van der Waals surface area contributed by atoms with Crippen LogP contribution in [0.15, 0.2) is 0 Å². The first-order chi connectivity index (χ1) is 21.6. The largest absolute Gasteiger partial charge is 0.475 e. The van der Waals surface area contributed by atoms with E-state index in [-0.39, 0.29) is 32.3 Å². The van der Waals surface area contributed by atoms with Crippen LogP contribution >= 0.6 is 31.3 Å². The molecule has 1 aliphatic rings. The van der Waals surface area contributed by atoms with Gasteiger partial charge in [0.25, 0.3) is 0 Å². The summed E-state index contributed by atoms with van der Waals surface area (Å²) in [7, 11) is -22.8. The van der Waals surface area contributed by atoms with Gasteiger partial charge in [0.1, 0.15) is 30.5 Å². The fourth-order valence-corrected chi connectivity index (χ4v) is 6.83. The maximum atomic E-state index is 13.0. The zero-order valence-electron chi connectivity index (χ0n) is 25.9. The van der Waals surface area contributed by atoms with E-state index < -0.39 is 86.6 Å². The van der Waals surface area contributed by atoms with Gasteiger partial charge < -0.3 is 48.5 Å². The molecule has 0 spiro atoms. The third kappa shape index (κ3) is 18.2. The summed E-state index contributed by atoms with van der Waals surface area (Å²) >= 11 is 0. The Morgan fingerprint density at radius 3 is 1.51 bits per heavy atom. The van der Waals surface area contributed by atoms with Gasteiger partial charge in [0.15, 0.2) is 6.10 Å². The normalized spacial score (nSPS) is 25.2. The summed E-state index contributed by atoms with van der Waals surface area (Å²) in [6, 6.07) is 0. The number of phosphoric ester groups is 4. The molecular formula is C22H44O21P4. The third-order valence-electron chi connectivity index (χ3n) is 6.23. The van der Waals surface area contributed by atoms with E-state index in [0.29, 0.717) is 6.42 Å². The van der Waals surface area contributed by atoms with Crippen LogP contribution in [0.5, 0.6) is 0 Å². The van der Waals surface area contributed by atoms with Crippen LogP contribution in [-0.2, 0) is 64.7 Å². The first kappa shape index (κ1) is 44.4. The molecule has 1 fully saturated rings. The predicted octanol–water partition coefficient (Wildman–Crippen LogP) is 2.30. The number of hydrogen-bond donors (Lipinski definition) is 7. The van der Waals surface area contributed by atoms with E-state index in [1.165, 1.54) is 6.92 Å². The predicted molar refractivity (Wildman–Crippen MR) is 156 cm³/mol. The summed E-state index contributed by atoms with van der Waals surface area (Å²) in [5, 5.41) is 0. The lowest BCUT2D eigenvalue weighted by Gasteiger charge is -2.48. The number of rotatable bonds is 23. The minimum absolute atomic E-state index is 0.166. The lowest BCUT2D eigenvalue weighted by molar-refractivity contribution is -0.233. The molecule has 1 aliphatic carbocycles. The molecule has 0 amide bonds. The van der Waals surface area contributed by atoms with Gasteiger partial charge in [0, 0.05) is 19.4 Å². The average molecular weight is 768 g/mol. The highest BCUT2D eigenvalue weighted by molar-refractivity contribution is 7.47. The van der Waals surface area contributed by atoms with Gasteiger partial charge in [-0.3, -0.25) is 27.7 Å². The zero-order valence-corrected chi connectivity index (χ0v) is 29.5. The highest BCUT2D eigenvalue weighted by Crippen LogP contribution is 2.55. The van der Waals surface area contributed by atoms with Crippen LogP contribution in [0.4, 0.5) is 0 Å². The van der Waals surface area contributed by atoms with Gasteiger partial charge in [-0.05, 0) is 12.8 Å². The maximum Gasteiger partial charge on any atom is 0.475 e. The van der Waals surface area contributed by atoms with Crippen LogP contribution in [-0.4, -0.2) is 96.2 Å². The minimum atomic E-state index is -5.81. The number of carbonyl (C=O) groups excluding carboxylic acids is 2. The lowest BCUT2D eigenvalue weighted by atomic mass is 9.84. The molecule has 1 saturated carbocycles.